The molecule has 0 amide bonds. The zero-order valence-electron chi connectivity index (χ0n) is 10.9. The third kappa shape index (κ3) is 3.05. The van der Waals surface area contributed by atoms with E-state index in [1.165, 1.54) is 30.8 Å². The van der Waals surface area contributed by atoms with Gasteiger partial charge in [-0.05, 0) is 38.5 Å². The van der Waals surface area contributed by atoms with Gasteiger partial charge in [0.1, 0.15) is 5.82 Å². The van der Waals surface area contributed by atoms with Crippen molar-refractivity contribution in [1.29, 1.82) is 0 Å². The number of aryl methyl sites for hydroxylation is 1. The summed E-state index contributed by atoms with van der Waals surface area (Å²) in [6, 6.07) is 0.428. The predicted octanol–water partition coefficient (Wildman–Crippen LogP) is 2.84. The Morgan fingerprint density at radius 1 is 1.59 bits per heavy atom. The van der Waals surface area contributed by atoms with Crippen molar-refractivity contribution in [2.45, 2.75) is 50.9 Å². The van der Waals surface area contributed by atoms with Crippen LogP contribution in [-0.4, -0.2) is 27.1 Å². The fourth-order valence-electron chi connectivity index (χ4n) is 2.42. The van der Waals surface area contributed by atoms with Crippen molar-refractivity contribution in [3.8, 4) is 0 Å². The van der Waals surface area contributed by atoms with Crippen LogP contribution in [0.4, 0.5) is 0 Å². The van der Waals surface area contributed by atoms with Gasteiger partial charge in [-0.15, -0.1) is 0 Å². The summed E-state index contributed by atoms with van der Waals surface area (Å²) >= 11 is 2.10. The van der Waals surface area contributed by atoms with Crippen molar-refractivity contribution < 1.29 is 0 Å². The van der Waals surface area contributed by atoms with Crippen LogP contribution in [0.1, 0.15) is 45.0 Å². The molecule has 4 heteroatoms. The molecule has 0 aromatic carbocycles. The minimum absolute atomic E-state index is 0.428. The largest absolute Gasteiger partial charge is 0.334 e. The van der Waals surface area contributed by atoms with Crippen molar-refractivity contribution in [1.82, 2.24) is 14.9 Å². The maximum atomic E-state index is 4.57. The lowest BCUT2D eigenvalue weighted by Crippen LogP contribution is -2.32. The molecule has 1 fully saturated rings. The Morgan fingerprint density at radius 3 is 3.12 bits per heavy atom. The molecule has 1 N–H and O–H groups in total. The number of rotatable bonds is 6. The van der Waals surface area contributed by atoms with Gasteiger partial charge in [0.25, 0.3) is 0 Å². The second-order valence-corrected chi connectivity index (χ2v) is 5.90. The molecule has 3 nitrogen and oxygen atoms in total. The smallest absolute Gasteiger partial charge is 0.126 e. The van der Waals surface area contributed by atoms with Crippen LogP contribution < -0.4 is 5.32 Å². The van der Waals surface area contributed by atoms with Crippen LogP contribution >= 0.6 is 11.8 Å². The highest BCUT2D eigenvalue weighted by molar-refractivity contribution is 8.00. The molecule has 2 rings (SSSR count). The molecule has 0 saturated carbocycles. The van der Waals surface area contributed by atoms with E-state index in [9.17, 15) is 0 Å². The fourth-order valence-corrected chi connectivity index (χ4v) is 3.80. The Balaban J connectivity index is 2.13. The average molecular weight is 253 g/mol. The molecule has 1 saturated heterocycles. The first-order chi connectivity index (χ1) is 8.36. The van der Waals surface area contributed by atoms with Gasteiger partial charge >= 0.3 is 0 Å². The molecular weight excluding hydrogens is 230 g/mol. The van der Waals surface area contributed by atoms with Crippen molar-refractivity contribution in [2.24, 2.45) is 0 Å². The molecule has 2 atom stereocenters. The SMILES string of the molecule is CCCNC(c1nccn1CC)C1CCCS1. The summed E-state index contributed by atoms with van der Waals surface area (Å²) in [6.45, 7) is 6.50. The van der Waals surface area contributed by atoms with Gasteiger partial charge in [0.05, 0.1) is 6.04 Å². The van der Waals surface area contributed by atoms with Gasteiger partial charge in [0, 0.05) is 24.2 Å². The minimum atomic E-state index is 0.428. The summed E-state index contributed by atoms with van der Waals surface area (Å²) in [5.74, 6) is 2.53. The Morgan fingerprint density at radius 2 is 2.47 bits per heavy atom. The van der Waals surface area contributed by atoms with E-state index in [1.807, 2.05) is 6.20 Å². The van der Waals surface area contributed by atoms with Gasteiger partial charge in [0.2, 0.25) is 0 Å². The molecule has 0 bridgehead atoms. The molecule has 0 radical (unpaired) electrons. The van der Waals surface area contributed by atoms with Crippen molar-refractivity contribution in [3.05, 3.63) is 18.2 Å². The number of aromatic nitrogens is 2. The second-order valence-electron chi connectivity index (χ2n) is 4.55. The standard InChI is InChI=1S/C13H23N3S/c1-3-7-14-12(11-6-5-10-17-11)13-15-8-9-16(13)4-2/h8-9,11-12,14H,3-7,10H2,1-2H3. The van der Waals surface area contributed by atoms with E-state index in [0.29, 0.717) is 11.3 Å². The summed E-state index contributed by atoms with van der Waals surface area (Å²) in [7, 11) is 0. The highest BCUT2D eigenvalue weighted by Crippen LogP contribution is 2.35. The van der Waals surface area contributed by atoms with E-state index in [1.54, 1.807) is 0 Å². The van der Waals surface area contributed by atoms with Crippen LogP contribution in [0, 0.1) is 0 Å². The number of nitrogens with one attached hydrogen (secondary N) is 1. The third-order valence-corrected chi connectivity index (χ3v) is 4.78. The Kier molecular flexibility index (Phi) is 4.92. The molecule has 1 aromatic rings. The lowest BCUT2D eigenvalue weighted by atomic mass is 10.1. The molecule has 1 aliphatic rings. The molecular formula is C13H23N3S. The first kappa shape index (κ1) is 13.0. The van der Waals surface area contributed by atoms with E-state index in [2.05, 4.69) is 46.7 Å². The lowest BCUT2D eigenvalue weighted by molar-refractivity contribution is 0.462. The fraction of sp³-hybridized carbons (Fsp3) is 0.769. The summed E-state index contributed by atoms with van der Waals surface area (Å²) in [6.07, 6.45) is 7.88. The first-order valence-corrected chi connectivity index (χ1v) is 7.77. The summed E-state index contributed by atoms with van der Waals surface area (Å²) < 4.78 is 2.27. The number of imidazole rings is 1. The third-order valence-electron chi connectivity index (χ3n) is 3.32. The lowest BCUT2D eigenvalue weighted by Gasteiger charge is -2.24. The summed E-state index contributed by atoms with van der Waals surface area (Å²) in [5.41, 5.74) is 0. The quantitative estimate of drug-likeness (QED) is 0.845. The maximum Gasteiger partial charge on any atom is 0.126 e. The van der Waals surface area contributed by atoms with Gasteiger partial charge in [-0.3, -0.25) is 0 Å². The van der Waals surface area contributed by atoms with Crippen LogP contribution in [-0.2, 0) is 6.54 Å². The van der Waals surface area contributed by atoms with E-state index >= 15 is 0 Å². The zero-order valence-corrected chi connectivity index (χ0v) is 11.7. The molecule has 0 spiro atoms. The van der Waals surface area contributed by atoms with Gasteiger partial charge in [-0.1, -0.05) is 6.92 Å². The minimum Gasteiger partial charge on any atom is -0.334 e. The average Bonchev–Trinajstić information content (AvgIpc) is 3.00. The molecule has 2 heterocycles. The first-order valence-electron chi connectivity index (χ1n) is 6.72. The number of thioether (sulfide) groups is 1. The summed E-state index contributed by atoms with van der Waals surface area (Å²) in [4.78, 5) is 4.57. The molecule has 1 aromatic heterocycles. The number of hydrogen-bond donors (Lipinski definition) is 1. The van der Waals surface area contributed by atoms with Crippen molar-refractivity contribution in [2.75, 3.05) is 12.3 Å². The normalized spacial score (nSPS) is 21.9. The highest BCUT2D eigenvalue weighted by Gasteiger charge is 2.29. The number of nitrogens with zero attached hydrogens (tertiary/aromatic N) is 2. The van der Waals surface area contributed by atoms with Crippen LogP contribution in [0.15, 0.2) is 12.4 Å². The van der Waals surface area contributed by atoms with Gasteiger partial charge in [0.15, 0.2) is 0 Å². The molecule has 1 aliphatic heterocycles. The number of hydrogen-bond acceptors (Lipinski definition) is 3. The predicted molar refractivity (Wildman–Crippen MR) is 74.4 cm³/mol. The zero-order chi connectivity index (χ0) is 12.1. The highest BCUT2D eigenvalue weighted by atomic mass is 32.2. The molecule has 17 heavy (non-hydrogen) atoms. The van der Waals surface area contributed by atoms with Crippen molar-refractivity contribution in [3.63, 3.8) is 0 Å². The van der Waals surface area contributed by atoms with Crippen LogP contribution in [0.5, 0.6) is 0 Å². The summed E-state index contributed by atoms with van der Waals surface area (Å²) in [5, 5.41) is 4.39. The van der Waals surface area contributed by atoms with Gasteiger partial charge in [-0.2, -0.15) is 11.8 Å². The van der Waals surface area contributed by atoms with Crippen LogP contribution in [0.2, 0.25) is 0 Å². The van der Waals surface area contributed by atoms with E-state index in [-0.39, 0.29) is 0 Å². The Bertz CT molecular complexity index is 331. The topological polar surface area (TPSA) is 29.9 Å². The van der Waals surface area contributed by atoms with Gasteiger partial charge < -0.3 is 9.88 Å². The monoisotopic (exact) mass is 253 g/mol. The molecule has 2 unspecified atom stereocenters. The van der Waals surface area contributed by atoms with Gasteiger partial charge in [-0.25, -0.2) is 4.98 Å². The second kappa shape index (κ2) is 6.45. The van der Waals surface area contributed by atoms with E-state index in [4.69, 9.17) is 0 Å². The maximum absolute atomic E-state index is 4.57. The Labute approximate surface area is 108 Å². The van der Waals surface area contributed by atoms with Crippen LogP contribution in [0.3, 0.4) is 0 Å². The molecule has 0 aliphatic carbocycles. The van der Waals surface area contributed by atoms with Crippen LogP contribution in [0.25, 0.3) is 0 Å². The molecule has 96 valence electrons. The Hall–Kier alpha value is -0.480. The van der Waals surface area contributed by atoms with Crippen molar-refractivity contribution >= 4 is 11.8 Å². The van der Waals surface area contributed by atoms with E-state index in [0.717, 1.165) is 13.1 Å². The van der Waals surface area contributed by atoms with E-state index < -0.39 is 0 Å².